The van der Waals surface area contributed by atoms with Crippen LogP contribution in [0.4, 0.5) is 0 Å². The van der Waals surface area contributed by atoms with E-state index < -0.39 is 8.07 Å². The molecule has 0 aliphatic carbocycles. The number of aliphatic hydroxyl groups is 1. The number of hydrogen-bond donors (Lipinski definition) is 1. The average Bonchev–Trinajstić information content (AvgIpc) is 2.91. The van der Waals surface area contributed by atoms with E-state index in [2.05, 4.69) is 79.2 Å². The minimum Gasteiger partial charge on any atom is -0.512 e. The van der Waals surface area contributed by atoms with Crippen LogP contribution in [-0.2, 0) is 24.9 Å². The monoisotopic (exact) mass is 720 g/mol. The van der Waals surface area contributed by atoms with Crippen LogP contribution in [0.5, 0.6) is 0 Å². The molecule has 0 saturated heterocycles. The van der Waals surface area contributed by atoms with E-state index in [4.69, 9.17) is 5.11 Å². The van der Waals surface area contributed by atoms with Crippen molar-refractivity contribution in [2.24, 2.45) is 0 Å². The van der Waals surface area contributed by atoms with Gasteiger partial charge in [0.25, 0.3) is 0 Å². The molecule has 1 radical (unpaired) electrons. The van der Waals surface area contributed by atoms with Crippen molar-refractivity contribution in [2.75, 3.05) is 0 Å². The Morgan fingerprint density at radius 2 is 1.60 bits per heavy atom. The molecule has 5 aromatic rings. The first-order chi connectivity index (χ1) is 18.6. The van der Waals surface area contributed by atoms with Gasteiger partial charge in [0.15, 0.2) is 5.78 Å². The van der Waals surface area contributed by atoms with Crippen LogP contribution in [0.25, 0.3) is 43.9 Å². The van der Waals surface area contributed by atoms with Crippen LogP contribution < -0.4 is 5.19 Å². The topological polar surface area (TPSA) is 74.0 Å². The molecule has 0 spiro atoms. The average molecular weight is 720 g/mol. The molecular formula is C34H31IrN2O2Si-. The van der Waals surface area contributed by atoms with Crippen LogP contribution in [0.2, 0.25) is 19.6 Å². The van der Waals surface area contributed by atoms with Gasteiger partial charge in [0.1, 0.15) is 0 Å². The zero-order valence-corrected chi connectivity index (χ0v) is 26.6. The number of aliphatic hydroxyl groups excluding tert-OH is 1. The number of hydrogen-bond acceptors (Lipinski definition) is 4. The molecule has 0 aliphatic heterocycles. The number of allylic oxidation sites excluding steroid dienone is 2. The number of fused-ring (bicyclic) bond motifs is 2. The summed E-state index contributed by atoms with van der Waals surface area (Å²) in [5.41, 5.74) is 4.75. The van der Waals surface area contributed by atoms with Gasteiger partial charge in [0, 0.05) is 38.1 Å². The summed E-state index contributed by atoms with van der Waals surface area (Å²) in [7, 11) is -1.31. The number of rotatable bonds is 4. The third-order valence-corrected chi connectivity index (χ3v) is 8.48. The fourth-order valence-corrected chi connectivity index (χ4v) is 5.65. The summed E-state index contributed by atoms with van der Waals surface area (Å²) in [6, 6.07) is 33.1. The Kier molecular flexibility index (Phi) is 9.95. The van der Waals surface area contributed by atoms with Gasteiger partial charge >= 0.3 is 0 Å². The second kappa shape index (κ2) is 13.0. The fraction of sp³-hybridized carbons (Fsp3) is 0.147. The molecule has 1 aromatic heterocycles. The predicted octanol–water partition coefficient (Wildman–Crippen LogP) is 7.97. The molecule has 0 amide bonds. The van der Waals surface area contributed by atoms with Crippen molar-refractivity contribution in [1.29, 1.82) is 5.26 Å². The van der Waals surface area contributed by atoms with Crippen molar-refractivity contribution >= 4 is 40.6 Å². The van der Waals surface area contributed by atoms with E-state index in [1.807, 2.05) is 42.6 Å². The molecule has 40 heavy (non-hydrogen) atoms. The molecule has 0 unspecified atom stereocenters. The molecule has 0 saturated carbocycles. The van der Waals surface area contributed by atoms with Crippen molar-refractivity contribution in [2.45, 2.75) is 33.5 Å². The summed E-state index contributed by atoms with van der Waals surface area (Å²) in [5.74, 6) is -0.0625. The quantitative estimate of drug-likeness (QED) is 0.0886. The van der Waals surface area contributed by atoms with E-state index in [0.717, 1.165) is 32.8 Å². The van der Waals surface area contributed by atoms with E-state index in [9.17, 15) is 10.1 Å². The molecule has 4 nitrogen and oxygen atoms in total. The first kappa shape index (κ1) is 30.7. The molecule has 1 N–H and O–H groups in total. The van der Waals surface area contributed by atoms with E-state index in [-0.39, 0.29) is 31.6 Å². The summed E-state index contributed by atoms with van der Waals surface area (Å²) < 4.78 is 0. The Morgan fingerprint density at radius 1 is 0.925 bits per heavy atom. The summed E-state index contributed by atoms with van der Waals surface area (Å²) in [6.07, 6.45) is 3.00. The molecule has 6 heteroatoms. The smallest absolute Gasteiger partial charge is 0.155 e. The van der Waals surface area contributed by atoms with Crippen LogP contribution in [0.3, 0.4) is 0 Å². The van der Waals surface area contributed by atoms with Crippen LogP contribution in [0, 0.1) is 17.4 Å². The summed E-state index contributed by atoms with van der Waals surface area (Å²) in [5, 5.41) is 23.5. The third-order valence-electron chi connectivity index (χ3n) is 6.41. The first-order valence-electron chi connectivity index (χ1n) is 12.8. The Hall–Kier alpha value is -3.88. The molecule has 0 atom stereocenters. The van der Waals surface area contributed by atoms with Crippen molar-refractivity contribution in [1.82, 2.24) is 4.98 Å². The van der Waals surface area contributed by atoms with Crippen molar-refractivity contribution in [3.8, 4) is 28.5 Å². The maximum absolute atomic E-state index is 10.0. The maximum Gasteiger partial charge on any atom is 0.155 e. The molecule has 203 valence electrons. The molecule has 1 heterocycles. The molecule has 5 rings (SSSR count). The molecule has 0 bridgehead atoms. The van der Waals surface area contributed by atoms with Crippen LogP contribution in [-0.4, -0.2) is 23.9 Å². The van der Waals surface area contributed by atoms with Gasteiger partial charge in [-0.2, -0.15) is 5.26 Å². The number of benzene rings is 4. The van der Waals surface area contributed by atoms with Crippen LogP contribution in [0.1, 0.15) is 19.4 Å². The third kappa shape index (κ3) is 7.19. The van der Waals surface area contributed by atoms with Gasteiger partial charge in [-0.3, -0.25) is 9.78 Å². The number of pyridine rings is 1. The van der Waals surface area contributed by atoms with E-state index in [1.165, 1.54) is 36.2 Å². The molecule has 0 aliphatic rings. The number of carbonyl (C=O) groups excluding carboxylic acids is 1. The molecule has 0 fully saturated rings. The minimum atomic E-state index is -1.31. The van der Waals surface area contributed by atoms with Crippen LogP contribution >= 0.6 is 0 Å². The summed E-state index contributed by atoms with van der Waals surface area (Å²) in [4.78, 5) is 14.7. The normalized spacial score (nSPS) is 11.2. The Bertz CT molecular complexity index is 1740. The number of ketones is 1. The van der Waals surface area contributed by atoms with Gasteiger partial charge < -0.3 is 5.11 Å². The second-order valence-electron chi connectivity index (χ2n) is 10.6. The standard InChI is InChI=1S/C29H23N2Si.C5H8O2.Ir/c1-32(2,3)26-11-8-20(9-12-26)21-10-13-28-23(16-21)14-15-31-29(28)24-17-22-6-4-5-7-27(22)25(18-24)19-30;1-4(6)3-5(2)7;/h4-16,18H,1-3H3;3,6H,1-2H3;/q-1;;/b;4-3-;. The number of aromatic nitrogens is 1. The second-order valence-corrected chi connectivity index (χ2v) is 15.7. The Labute approximate surface area is 250 Å². The van der Waals surface area contributed by atoms with Gasteiger partial charge in [-0.1, -0.05) is 90.4 Å². The van der Waals surface area contributed by atoms with Crippen LogP contribution in [0.15, 0.2) is 96.9 Å². The largest absolute Gasteiger partial charge is 0.512 e. The number of nitriles is 1. The summed E-state index contributed by atoms with van der Waals surface area (Å²) in [6.45, 7) is 9.96. The van der Waals surface area contributed by atoms with E-state index >= 15 is 0 Å². The fourth-order valence-electron chi connectivity index (χ4n) is 4.48. The van der Waals surface area contributed by atoms with Gasteiger partial charge in [0.2, 0.25) is 0 Å². The van der Waals surface area contributed by atoms with Gasteiger partial charge in [-0.15, -0.1) is 23.6 Å². The van der Waals surface area contributed by atoms with Gasteiger partial charge in [-0.05, 0) is 53.4 Å². The van der Waals surface area contributed by atoms with Crippen molar-refractivity contribution in [3.63, 3.8) is 0 Å². The zero-order valence-electron chi connectivity index (χ0n) is 23.2. The minimum absolute atomic E-state index is 0. The van der Waals surface area contributed by atoms with Gasteiger partial charge in [0.05, 0.1) is 19.9 Å². The number of nitrogens with zero attached hydrogens (tertiary/aromatic N) is 2. The maximum atomic E-state index is 10.0. The van der Waals surface area contributed by atoms with Crippen molar-refractivity contribution < 1.29 is 30.0 Å². The number of carbonyl (C=O) groups is 1. The summed E-state index contributed by atoms with van der Waals surface area (Å²) >= 11 is 0. The van der Waals surface area contributed by atoms with E-state index in [0.29, 0.717) is 5.56 Å². The predicted molar refractivity (Wildman–Crippen MR) is 164 cm³/mol. The molecular weight excluding hydrogens is 689 g/mol. The Balaban J connectivity index is 0.000000492. The zero-order chi connectivity index (χ0) is 28.2. The Morgan fingerprint density at radius 3 is 2.20 bits per heavy atom. The molecule has 4 aromatic carbocycles. The first-order valence-corrected chi connectivity index (χ1v) is 16.3. The SMILES string of the molecule is CC(=O)/C=C(/C)O.C[Si](C)(C)c1ccc(-c2ccc3c(-c4[c-]c5ccccc5c(C#N)c4)nccc3c2)cc1.[Ir]. The van der Waals surface area contributed by atoms with Crippen molar-refractivity contribution in [3.05, 3.63) is 109 Å². The van der Waals surface area contributed by atoms with E-state index in [1.54, 1.807) is 0 Å². The van der Waals surface area contributed by atoms with Gasteiger partial charge in [-0.25, -0.2) is 0 Å².